The molecule has 0 aliphatic heterocycles. The van der Waals surface area contributed by atoms with Gasteiger partial charge in [-0.1, -0.05) is 6.58 Å². The van der Waals surface area contributed by atoms with Gasteiger partial charge in [0.25, 0.3) is 0 Å². The van der Waals surface area contributed by atoms with Gasteiger partial charge in [-0.05, 0) is 34.1 Å². The molecule has 0 N–H and O–H groups in total. The Morgan fingerprint density at radius 2 is 2.08 bits per heavy atom. The third kappa shape index (κ3) is 2.25. The number of hydrogen-bond acceptors (Lipinski definition) is 2. The van der Waals surface area contributed by atoms with Gasteiger partial charge in [0.05, 0.1) is 18.7 Å². The first-order chi connectivity index (χ1) is 6.19. The Morgan fingerprint density at radius 3 is 2.54 bits per heavy atom. The maximum Gasteiger partial charge on any atom is 0.133 e. The van der Waals surface area contributed by atoms with Crippen LogP contribution in [0.1, 0.15) is 5.56 Å². The minimum Gasteiger partial charge on any atom is -0.497 e. The molecule has 13 heavy (non-hydrogen) atoms. The first kappa shape index (κ1) is 10.1. The van der Waals surface area contributed by atoms with Crippen LogP contribution in [0.2, 0.25) is 0 Å². The van der Waals surface area contributed by atoms with Crippen LogP contribution in [0.25, 0.3) is 5.76 Å². The molecule has 0 unspecified atom stereocenters. The van der Waals surface area contributed by atoms with E-state index in [0.717, 1.165) is 15.8 Å². The van der Waals surface area contributed by atoms with Crippen LogP contribution in [0, 0.1) is 0 Å². The summed E-state index contributed by atoms with van der Waals surface area (Å²) in [6.07, 6.45) is 0. The average Bonchev–Trinajstić information content (AvgIpc) is 2.16. The fourth-order valence-corrected chi connectivity index (χ4v) is 1.50. The predicted octanol–water partition coefficient (Wildman–Crippen LogP) is 3.07. The van der Waals surface area contributed by atoms with E-state index in [1.165, 1.54) is 0 Å². The van der Waals surface area contributed by atoms with Gasteiger partial charge < -0.3 is 9.47 Å². The lowest BCUT2D eigenvalue weighted by Crippen LogP contribution is -1.88. The molecule has 0 saturated carbocycles. The second kappa shape index (κ2) is 4.33. The van der Waals surface area contributed by atoms with Crippen molar-refractivity contribution in [2.45, 2.75) is 0 Å². The zero-order valence-corrected chi connectivity index (χ0v) is 9.22. The molecule has 1 rings (SSSR count). The summed E-state index contributed by atoms with van der Waals surface area (Å²) in [5, 5.41) is 0. The molecule has 0 amide bonds. The van der Waals surface area contributed by atoms with Gasteiger partial charge in [-0.25, -0.2) is 0 Å². The summed E-state index contributed by atoms with van der Waals surface area (Å²) in [6, 6.07) is 5.67. The first-order valence-electron chi connectivity index (χ1n) is 3.76. The molecule has 0 aromatic heterocycles. The lowest BCUT2D eigenvalue weighted by atomic mass is 10.2. The van der Waals surface area contributed by atoms with E-state index in [9.17, 15) is 0 Å². The quantitative estimate of drug-likeness (QED) is 0.759. The summed E-state index contributed by atoms with van der Waals surface area (Å²) in [7, 11) is 3.23. The normalized spacial score (nSPS) is 9.46. The van der Waals surface area contributed by atoms with Crippen molar-refractivity contribution in [3.63, 3.8) is 0 Å². The van der Waals surface area contributed by atoms with Crippen molar-refractivity contribution in [1.82, 2.24) is 0 Å². The van der Waals surface area contributed by atoms with Crippen molar-refractivity contribution in [3.8, 4) is 5.75 Å². The Hall–Kier alpha value is -0.960. The van der Waals surface area contributed by atoms with Crippen molar-refractivity contribution in [2.75, 3.05) is 14.2 Å². The van der Waals surface area contributed by atoms with Gasteiger partial charge in [-0.3, -0.25) is 0 Å². The molecular formula is C10H11BrO2. The van der Waals surface area contributed by atoms with Gasteiger partial charge in [0, 0.05) is 5.56 Å². The van der Waals surface area contributed by atoms with E-state index in [4.69, 9.17) is 9.47 Å². The number of rotatable bonds is 3. The zero-order chi connectivity index (χ0) is 9.84. The molecule has 0 bridgehead atoms. The van der Waals surface area contributed by atoms with E-state index in [-0.39, 0.29) is 0 Å². The molecule has 0 radical (unpaired) electrons. The molecule has 70 valence electrons. The molecule has 0 spiro atoms. The Balaban J connectivity index is 3.02. The Labute approximate surface area is 86.3 Å². The summed E-state index contributed by atoms with van der Waals surface area (Å²) in [5.74, 6) is 1.44. The first-order valence-corrected chi connectivity index (χ1v) is 4.55. The van der Waals surface area contributed by atoms with E-state index < -0.39 is 0 Å². The van der Waals surface area contributed by atoms with Crippen LogP contribution in [0.3, 0.4) is 0 Å². The zero-order valence-electron chi connectivity index (χ0n) is 7.63. The predicted molar refractivity (Wildman–Crippen MR) is 56.7 cm³/mol. The highest BCUT2D eigenvalue weighted by Crippen LogP contribution is 2.27. The van der Waals surface area contributed by atoms with Crippen molar-refractivity contribution in [2.24, 2.45) is 0 Å². The van der Waals surface area contributed by atoms with Gasteiger partial charge >= 0.3 is 0 Å². The number of hydrogen-bond donors (Lipinski definition) is 0. The third-order valence-electron chi connectivity index (χ3n) is 1.72. The Bertz CT molecular complexity index is 321. The second-order valence-electron chi connectivity index (χ2n) is 2.48. The maximum atomic E-state index is 5.10. The third-order valence-corrected chi connectivity index (χ3v) is 2.34. The summed E-state index contributed by atoms with van der Waals surface area (Å²) in [4.78, 5) is 0. The highest BCUT2D eigenvalue weighted by molar-refractivity contribution is 9.10. The monoisotopic (exact) mass is 242 g/mol. The van der Waals surface area contributed by atoms with Crippen molar-refractivity contribution < 1.29 is 9.47 Å². The van der Waals surface area contributed by atoms with Crippen molar-refractivity contribution in [3.05, 3.63) is 34.8 Å². The summed E-state index contributed by atoms with van der Waals surface area (Å²) < 4.78 is 11.0. The topological polar surface area (TPSA) is 18.5 Å². The molecule has 0 aliphatic carbocycles. The smallest absolute Gasteiger partial charge is 0.133 e. The van der Waals surface area contributed by atoms with E-state index >= 15 is 0 Å². The molecule has 1 aromatic carbocycles. The fraction of sp³-hybridized carbons (Fsp3) is 0.200. The SMILES string of the molecule is C=C(OC)c1ccc(OC)c(Br)c1. The summed E-state index contributed by atoms with van der Waals surface area (Å²) >= 11 is 3.38. The Morgan fingerprint density at radius 1 is 1.38 bits per heavy atom. The van der Waals surface area contributed by atoms with Gasteiger partial charge in [-0.2, -0.15) is 0 Å². The molecule has 3 heteroatoms. The highest BCUT2D eigenvalue weighted by Gasteiger charge is 2.03. The minimum absolute atomic E-state index is 0.642. The molecule has 0 fully saturated rings. The van der Waals surface area contributed by atoms with Gasteiger partial charge in [-0.15, -0.1) is 0 Å². The summed E-state index contributed by atoms with van der Waals surface area (Å²) in [5.41, 5.74) is 0.940. The van der Waals surface area contributed by atoms with E-state index in [1.54, 1.807) is 14.2 Å². The molecule has 1 aromatic rings. The van der Waals surface area contributed by atoms with Crippen molar-refractivity contribution in [1.29, 1.82) is 0 Å². The van der Waals surface area contributed by atoms with E-state index in [0.29, 0.717) is 5.76 Å². The molecule has 2 nitrogen and oxygen atoms in total. The van der Waals surface area contributed by atoms with Crippen LogP contribution in [-0.4, -0.2) is 14.2 Å². The standard InChI is InChI=1S/C10H11BrO2/c1-7(12-2)8-4-5-10(13-3)9(11)6-8/h4-6H,1H2,2-3H3. The van der Waals surface area contributed by atoms with Crippen LogP contribution in [-0.2, 0) is 4.74 Å². The van der Waals surface area contributed by atoms with Gasteiger partial charge in [0.2, 0.25) is 0 Å². The number of halogens is 1. The number of ether oxygens (including phenoxy) is 2. The maximum absolute atomic E-state index is 5.10. The van der Waals surface area contributed by atoms with Crippen LogP contribution < -0.4 is 4.74 Å². The molecular weight excluding hydrogens is 232 g/mol. The molecule has 0 atom stereocenters. The van der Waals surface area contributed by atoms with Crippen LogP contribution in [0.4, 0.5) is 0 Å². The Kier molecular flexibility index (Phi) is 3.37. The van der Waals surface area contributed by atoms with E-state index in [1.807, 2.05) is 18.2 Å². The van der Waals surface area contributed by atoms with E-state index in [2.05, 4.69) is 22.5 Å². The highest BCUT2D eigenvalue weighted by atomic mass is 79.9. The van der Waals surface area contributed by atoms with Crippen LogP contribution in [0.15, 0.2) is 29.3 Å². The lowest BCUT2D eigenvalue weighted by molar-refractivity contribution is 0.371. The van der Waals surface area contributed by atoms with Crippen LogP contribution in [0.5, 0.6) is 5.75 Å². The molecule has 0 saturated heterocycles. The fourth-order valence-electron chi connectivity index (χ4n) is 0.958. The number of benzene rings is 1. The van der Waals surface area contributed by atoms with Crippen LogP contribution >= 0.6 is 15.9 Å². The van der Waals surface area contributed by atoms with Crippen molar-refractivity contribution >= 4 is 21.7 Å². The number of methoxy groups -OCH3 is 2. The van der Waals surface area contributed by atoms with Gasteiger partial charge in [0.1, 0.15) is 11.5 Å². The average molecular weight is 243 g/mol. The molecule has 0 aliphatic rings. The largest absolute Gasteiger partial charge is 0.497 e. The minimum atomic E-state index is 0.642. The second-order valence-corrected chi connectivity index (χ2v) is 3.33. The van der Waals surface area contributed by atoms with Gasteiger partial charge in [0.15, 0.2) is 0 Å². The summed E-state index contributed by atoms with van der Waals surface area (Å²) in [6.45, 7) is 3.76. The molecule has 0 heterocycles. The lowest BCUT2D eigenvalue weighted by Gasteiger charge is -2.07.